The van der Waals surface area contributed by atoms with E-state index in [2.05, 4.69) is 46.9 Å². The van der Waals surface area contributed by atoms with E-state index in [-0.39, 0.29) is 0 Å². The van der Waals surface area contributed by atoms with Gasteiger partial charge in [0, 0.05) is 3.92 Å². The van der Waals surface area contributed by atoms with Crippen LogP contribution in [0.1, 0.15) is 19.3 Å². The molecule has 0 N–H and O–H groups in total. The van der Waals surface area contributed by atoms with E-state index in [1.807, 2.05) is 0 Å². The maximum Gasteiger partial charge on any atom is 0.0323 e. The Morgan fingerprint density at radius 2 is 1.89 bits per heavy atom. The molecule has 50 valence electrons. The molecule has 0 radical (unpaired) electrons. The van der Waals surface area contributed by atoms with Gasteiger partial charge in [-0.2, -0.15) is 0 Å². The summed E-state index contributed by atoms with van der Waals surface area (Å²) >= 11 is 2.46. The Morgan fingerprint density at radius 1 is 1.11 bits per heavy atom. The van der Waals surface area contributed by atoms with Crippen molar-refractivity contribution in [1.29, 1.82) is 0 Å². The standard InChI is InChI=1S/C8H11I/c9-8-6-4-2-1-3-5-7-8/h2,4-5,7-8H,1,3,6H2/b4-2-,7-5-/t8-/m0/s1. The monoisotopic (exact) mass is 234 g/mol. The molecule has 1 atom stereocenters. The fourth-order valence-electron chi connectivity index (χ4n) is 0.859. The number of allylic oxidation sites excluding steroid dienone is 4. The van der Waals surface area contributed by atoms with Crippen LogP contribution < -0.4 is 0 Å². The first-order chi connectivity index (χ1) is 4.39. The third-order valence-electron chi connectivity index (χ3n) is 1.37. The van der Waals surface area contributed by atoms with Gasteiger partial charge in [-0.1, -0.05) is 46.9 Å². The molecule has 0 unspecified atom stereocenters. The van der Waals surface area contributed by atoms with Crippen LogP contribution in [0.5, 0.6) is 0 Å². The molecule has 0 heterocycles. The van der Waals surface area contributed by atoms with E-state index in [1.165, 1.54) is 19.3 Å². The van der Waals surface area contributed by atoms with Crippen molar-refractivity contribution in [3.05, 3.63) is 24.3 Å². The minimum atomic E-state index is 0.721. The van der Waals surface area contributed by atoms with Crippen molar-refractivity contribution in [2.45, 2.75) is 23.2 Å². The van der Waals surface area contributed by atoms with Gasteiger partial charge >= 0.3 is 0 Å². The van der Waals surface area contributed by atoms with Gasteiger partial charge in [0.15, 0.2) is 0 Å². The van der Waals surface area contributed by atoms with Crippen LogP contribution in [0.15, 0.2) is 24.3 Å². The second-order valence-electron chi connectivity index (χ2n) is 2.23. The number of alkyl halides is 1. The van der Waals surface area contributed by atoms with Gasteiger partial charge in [-0.15, -0.1) is 0 Å². The van der Waals surface area contributed by atoms with E-state index < -0.39 is 0 Å². The molecule has 0 aromatic carbocycles. The zero-order chi connectivity index (χ0) is 6.53. The van der Waals surface area contributed by atoms with Crippen LogP contribution in [0.4, 0.5) is 0 Å². The summed E-state index contributed by atoms with van der Waals surface area (Å²) in [4.78, 5) is 0. The quantitative estimate of drug-likeness (QED) is 0.343. The highest BCUT2D eigenvalue weighted by atomic mass is 127. The second kappa shape index (κ2) is 4.09. The van der Waals surface area contributed by atoms with Gasteiger partial charge in [-0.05, 0) is 19.3 Å². The average molecular weight is 234 g/mol. The molecule has 0 amide bonds. The summed E-state index contributed by atoms with van der Waals surface area (Å²) in [5.74, 6) is 0. The lowest BCUT2D eigenvalue weighted by Gasteiger charge is -2.01. The Labute approximate surface area is 70.2 Å². The summed E-state index contributed by atoms with van der Waals surface area (Å²) in [6.45, 7) is 0. The SMILES string of the molecule is I[C@@H]1/C=C\CC/C=C\C1. The van der Waals surface area contributed by atoms with Gasteiger partial charge in [-0.3, -0.25) is 0 Å². The molecule has 0 fully saturated rings. The van der Waals surface area contributed by atoms with Crippen LogP contribution >= 0.6 is 22.6 Å². The summed E-state index contributed by atoms with van der Waals surface area (Å²) in [6, 6.07) is 0. The van der Waals surface area contributed by atoms with Crippen molar-refractivity contribution < 1.29 is 0 Å². The molecule has 1 aliphatic rings. The molecule has 0 aromatic rings. The molecular formula is C8H11I. The van der Waals surface area contributed by atoms with Crippen LogP contribution in [-0.4, -0.2) is 3.92 Å². The third-order valence-corrected chi connectivity index (χ3v) is 2.30. The first kappa shape index (κ1) is 7.32. The second-order valence-corrected chi connectivity index (χ2v) is 3.83. The number of rotatable bonds is 0. The maximum absolute atomic E-state index is 2.46. The normalized spacial score (nSPS) is 34.6. The van der Waals surface area contributed by atoms with Crippen LogP contribution in [0.3, 0.4) is 0 Å². The lowest BCUT2D eigenvalue weighted by Crippen LogP contribution is -1.90. The zero-order valence-corrected chi connectivity index (χ0v) is 7.54. The van der Waals surface area contributed by atoms with Gasteiger partial charge in [-0.25, -0.2) is 0 Å². The first-order valence-electron chi connectivity index (χ1n) is 3.35. The molecule has 9 heavy (non-hydrogen) atoms. The van der Waals surface area contributed by atoms with Gasteiger partial charge < -0.3 is 0 Å². The Morgan fingerprint density at radius 3 is 2.78 bits per heavy atom. The van der Waals surface area contributed by atoms with Crippen molar-refractivity contribution in [2.24, 2.45) is 0 Å². The van der Waals surface area contributed by atoms with Gasteiger partial charge in [0.2, 0.25) is 0 Å². The summed E-state index contributed by atoms with van der Waals surface area (Å²) in [5.41, 5.74) is 0. The number of hydrogen-bond donors (Lipinski definition) is 0. The minimum Gasteiger partial charge on any atom is -0.0882 e. The first-order valence-corrected chi connectivity index (χ1v) is 4.60. The summed E-state index contributed by atoms with van der Waals surface area (Å²) in [6.07, 6.45) is 12.8. The fourth-order valence-corrected chi connectivity index (χ4v) is 1.45. The van der Waals surface area contributed by atoms with Crippen LogP contribution in [0.2, 0.25) is 0 Å². The van der Waals surface area contributed by atoms with E-state index >= 15 is 0 Å². The molecule has 0 nitrogen and oxygen atoms in total. The Balaban J connectivity index is 2.40. The van der Waals surface area contributed by atoms with E-state index in [0.717, 1.165) is 3.92 Å². The van der Waals surface area contributed by atoms with Gasteiger partial charge in [0.1, 0.15) is 0 Å². The molecule has 0 bridgehead atoms. The molecule has 0 saturated heterocycles. The third kappa shape index (κ3) is 3.04. The molecule has 1 aliphatic carbocycles. The summed E-state index contributed by atoms with van der Waals surface area (Å²) in [7, 11) is 0. The molecule has 0 saturated carbocycles. The predicted octanol–water partition coefficient (Wildman–Crippen LogP) is 3.09. The van der Waals surface area contributed by atoms with Crippen LogP contribution in [0.25, 0.3) is 0 Å². The van der Waals surface area contributed by atoms with Crippen molar-refractivity contribution >= 4 is 22.6 Å². The van der Waals surface area contributed by atoms with Crippen LogP contribution in [0, 0.1) is 0 Å². The van der Waals surface area contributed by atoms with Gasteiger partial charge in [0.25, 0.3) is 0 Å². The Bertz CT molecular complexity index is 125. The Hall–Kier alpha value is 0.210. The molecule has 0 aliphatic heterocycles. The molecule has 0 spiro atoms. The molecular weight excluding hydrogens is 223 g/mol. The predicted molar refractivity (Wildman–Crippen MR) is 49.9 cm³/mol. The van der Waals surface area contributed by atoms with E-state index in [1.54, 1.807) is 0 Å². The molecule has 1 rings (SSSR count). The summed E-state index contributed by atoms with van der Waals surface area (Å²) in [5, 5.41) is 0. The van der Waals surface area contributed by atoms with Gasteiger partial charge in [0.05, 0.1) is 0 Å². The average Bonchev–Trinajstić information content (AvgIpc) is 1.79. The lowest BCUT2D eigenvalue weighted by molar-refractivity contribution is 0.986. The smallest absolute Gasteiger partial charge is 0.0323 e. The molecule has 1 heteroatoms. The largest absolute Gasteiger partial charge is 0.0882 e. The molecule has 0 aromatic heterocycles. The summed E-state index contributed by atoms with van der Waals surface area (Å²) < 4.78 is 0.721. The van der Waals surface area contributed by atoms with Crippen molar-refractivity contribution in [1.82, 2.24) is 0 Å². The topological polar surface area (TPSA) is 0 Å². The zero-order valence-electron chi connectivity index (χ0n) is 5.39. The minimum absolute atomic E-state index is 0.721. The maximum atomic E-state index is 2.46. The number of halogens is 1. The highest BCUT2D eigenvalue weighted by Gasteiger charge is 1.95. The Kier molecular flexibility index (Phi) is 3.33. The van der Waals surface area contributed by atoms with E-state index in [0.29, 0.717) is 0 Å². The number of hydrogen-bond acceptors (Lipinski definition) is 0. The fraction of sp³-hybridized carbons (Fsp3) is 0.500. The van der Waals surface area contributed by atoms with Crippen LogP contribution in [-0.2, 0) is 0 Å². The van der Waals surface area contributed by atoms with Crippen molar-refractivity contribution in [3.63, 3.8) is 0 Å². The van der Waals surface area contributed by atoms with E-state index in [4.69, 9.17) is 0 Å². The lowest BCUT2D eigenvalue weighted by atomic mass is 10.1. The van der Waals surface area contributed by atoms with Crippen molar-refractivity contribution in [2.75, 3.05) is 0 Å². The van der Waals surface area contributed by atoms with E-state index in [9.17, 15) is 0 Å². The highest BCUT2D eigenvalue weighted by molar-refractivity contribution is 14.1. The van der Waals surface area contributed by atoms with Crippen molar-refractivity contribution in [3.8, 4) is 0 Å². The highest BCUT2D eigenvalue weighted by Crippen LogP contribution is 2.12.